The summed E-state index contributed by atoms with van der Waals surface area (Å²) in [4.78, 5) is 14.9. The van der Waals surface area contributed by atoms with Gasteiger partial charge in [-0.2, -0.15) is 5.10 Å². The average Bonchev–Trinajstić information content (AvgIpc) is 2.88. The van der Waals surface area contributed by atoms with Crippen LogP contribution in [0.3, 0.4) is 0 Å². The number of imidazole rings is 1. The van der Waals surface area contributed by atoms with Crippen LogP contribution >= 0.6 is 0 Å². The Morgan fingerprint density at radius 2 is 1.95 bits per heavy atom. The van der Waals surface area contributed by atoms with E-state index in [-0.39, 0.29) is 6.42 Å². The summed E-state index contributed by atoms with van der Waals surface area (Å²) in [6.07, 6.45) is 2.17. The molecule has 5 nitrogen and oxygen atoms in total. The van der Waals surface area contributed by atoms with Crippen molar-refractivity contribution in [3.63, 3.8) is 0 Å². The number of aliphatic carboxylic acids is 1. The summed E-state index contributed by atoms with van der Waals surface area (Å²) in [5.74, 6) is -0.820. The molecule has 0 radical (unpaired) electrons. The molecule has 2 heterocycles. The minimum atomic E-state index is -0.820. The third-order valence-corrected chi connectivity index (χ3v) is 3.10. The fourth-order valence-electron chi connectivity index (χ4n) is 2.09. The van der Waals surface area contributed by atoms with E-state index in [1.165, 1.54) is 0 Å². The molecule has 0 spiro atoms. The third kappa shape index (κ3) is 2.38. The molecule has 0 bridgehead atoms. The van der Waals surface area contributed by atoms with Gasteiger partial charge in [-0.25, -0.2) is 9.50 Å². The summed E-state index contributed by atoms with van der Waals surface area (Å²) in [5, 5.41) is 13.3. The number of rotatable bonds is 4. The van der Waals surface area contributed by atoms with Crippen LogP contribution in [0.1, 0.15) is 12.1 Å². The molecule has 1 N–H and O–H groups in total. The van der Waals surface area contributed by atoms with E-state index in [1.807, 2.05) is 42.5 Å². The van der Waals surface area contributed by atoms with E-state index in [1.54, 1.807) is 10.7 Å². The highest BCUT2D eigenvalue weighted by molar-refractivity contribution is 5.67. The van der Waals surface area contributed by atoms with E-state index in [9.17, 15) is 4.79 Å². The van der Waals surface area contributed by atoms with Crippen LogP contribution < -0.4 is 0 Å². The fourth-order valence-corrected chi connectivity index (χ4v) is 2.09. The van der Waals surface area contributed by atoms with Gasteiger partial charge in [0.25, 0.3) is 0 Å². The van der Waals surface area contributed by atoms with Gasteiger partial charge in [0, 0.05) is 12.0 Å². The lowest BCUT2D eigenvalue weighted by Crippen LogP contribution is -2.03. The van der Waals surface area contributed by atoms with Crippen LogP contribution in [0, 0.1) is 0 Å². The number of nitrogens with zero attached hydrogens (tertiary/aromatic N) is 3. The van der Waals surface area contributed by atoms with Gasteiger partial charge in [0.05, 0.1) is 24.0 Å². The number of hydrogen-bond acceptors (Lipinski definition) is 3. The Balaban J connectivity index is 2.01. The number of fused-ring (bicyclic) bond motifs is 1. The van der Waals surface area contributed by atoms with Gasteiger partial charge in [-0.05, 0) is 12.1 Å². The molecular formula is C15H13N3O2. The van der Waals surface area contributed by atoms with Gasteiger partial charge in [-0.1, -0.05) is 30.3 Å². The van der Waals surface area contributed by atoms with Crippen molar-refractivity contribution in [1.82, 2.24) is 14.6 Å². The summed E-state index contributed by atoms with van der Waals surface area (Å²) in [7, 11) is 0. The molecule has 3 rings (SSSR count). The van der Waals surface area contributed by atoms with Crippen molar-refractivity contribution >= 4 is 11.6 Å². The molecule has 0 unspecified atom stereocenters. The SMILES string of the molecule is O=C(O)CCc1cnc2ccc(-c3ccccc3)nn12. The van der Waals surface area contributed by atoms with Gasteiger partial charge >= 0.3 is 5.97 Å². The maximum atomic E-state index is 10.7. The quantitative estimate of drug-likeness (QED) is 0.788. The molecule has 0 aliphatic heterocycles. The number of carbonyl (C=O) groups is 1. The Morgan fingerprint density at radius 3 is 2.70 bits per heavy atom. The molecule has 0 atom stereocenters. The molecular weight excluding hydrogens is 254 g/mol. The van der Waals surface area contributed by atoms with Crippen LogP contribution in [-0.4, -0.2) is 25.7 Å². The maximum absolute atomic E-state index is 10.7. The van der Waals surface area contributed by atoms with E-state index < -0.39 is 5.97 Å². The van der Waals surface area contributed by atoms with Crippen molar-refractivity contribution in [2.45, 2.75) is 12.8 Å². The Kier molecular flexibility index (Phi) is 3.16. The highest BCUT2D eigenvalue weighted by Crippen LogP contribution is 2.17. The first-order chi connectivity index (χ1) is 9.74. The number of carboxylic acid groups (broad SMARTS) is 1. The van der Waals surface area contributed by atoms with E-state index in [2.05, 4.69) is 10.1 Å². The van der Waals surface area contributed by atoms with Gasteiger partial charge < -0.3 is 5.11 Å². The van der Waals surface area contributed by atoms with Crippen LogP contribution in [0.15, 0.2) is 48.7 Å². The molecule has 0 amide bonds. The van der Waals surface area contributed by atoms with Gasteiger partial charge in [0.15, 0.2) is 5.65 Å². The van der Waals surface area contributed by atoms with Crippen LogP contribution in [0.4, 0.5) is 0 Å². The number of benzene rings is 1. The Labute approximate surface area is 115 Å². The van der Waals surface area contributed by atoms with Crippen molar-refractivity contribution in [2.24, 2.45) is 0 Å². The summed E-state index contributed by atoms with van der Waals surface area (Å²) < 4.78 is 1.71. The van der Waals surface area contributed by atoms with Crippen LogP contribution in [-0.2, 0) is 11.2 Å². The standard InChI is InChI=1S/C15H13N3O2/c19-15(20)9-6-12-10-16-14-8-7-13(17-18(12)14)11-4-2-1-3-5-11/h1-5,7-8,10H,6,9H2,(H,19,20). The molecule has 5 heteroatoms. The minimum Gasteiger partial charge on any atom is -0.481 e. The normalized spacial score (nSPS) is 10.8. The van der Waals surface area contributed by atoms with Crippen molar-refractivity contribution in [3.8, 4) is 11.3 Å². The van der Waals surface area contributed by atoms with Gasteiger partial charge in [0.1, 0.15) is 0 Å². The van der Waals surface area contributed by atoms with E-state index in [0.717, 1.165) is 22.6 Å². The number of aryl methyl sites for hydroxylation is 1. The van der Waals surface area contributed by atoms with Gasteiger partial charge in [0.2, 0.25) is 0 Å². The summed E-state index contributed by atoms with van der Waals surface area (Å²) in [6.45, 7) is 0. The van der Waals surface area contributed by atoms with Crippen LogP contribution in [0.25, 0.3) is 16.9 Å². The molecule has 0 fully saturated rings. The monoisotopic (exact) mass is 267 g/mol. The zero-order valence-corrected chi connectivity index (χ0v) is 10.7. The second kappa shape index (κ2) is 5.13. The molecule has 2 aromatic heterocycles. The van der Waals surface area contributed by atoms with E-state index in [4.69, 9.17) is 5.11 Å². The lowest BCUT2D eigenvalue weighted by molar-refractivity contribution is -0.136. The Bertz CT molecular complexity index is 750. The number of aromatic nitrogens is 3. The number of hydrogen-bond donors (Lipinski definition) is 1. The zero-order valence-electron chi connectivity index (χ0n) is 10.7. The predicted octanol–water partition coefficient (Wildman–Crippen LogP) is 2.41. The van der Waals surface area contributed by atoms with E-state index in [0.29, 0.717) is 6.42 Å². The Morgan fingerprint density at radius 1 is 1.15 bits per heavy atom. The highest BCUT2D eigenvalue weighted by atomic mass is 16.4. The van der Waals surface area contributed by atoms with Crippen molar-refractivity contribution in [1.29, 1.82) is 0 Å². The first-order valence-corrected chi connectivity index (χ1v) is 6.35. The van der Waals surface area contributed by atoms with Crippen molar-refractivity contribution in [2.75, 3.05) is 0 Å². The molecule has 20 heavy (non-hydrogen) atoms. The molecule has 0 saturated heterocycles. The fraction of sp³-hybridized carbons (Fsp3) is 0.133. The van der Waals surface area contributed by atoms with Crippen LogP contribution in [0.2, 0.25) is 0 Å². The summed E-state index contributed by atoms with van der Waals surface area (Å²) in [5.41, 5.74) is 3.39. The first kappa shape index (κ1) is 12.3. The van der Waals surface area contributed by atoms with Gasteiger partial charge in [-0.15, -0.1) is 0 Å². The Hall–Kier alpha value is -2.69. The topological polar surface area (TPSA) is 67.5 Å². The zero-order chi connectivity index (χ0) is 13.9. The molecule has 100 valence electrons. The van der Waals surface area contributed by atoms with E-state index >= 15 is 0 Å². The van der Waals surface area contributed by atoms with Crippen molar-refractivity contribution < 1.29 is 9.90 Å². The van der Waals surface area contributed by atoms with Crippen molar-refractivity contribution in [3.05, 3.63) is 54.4 Å². The third-order valence-electron chi connectivity index (χ3n) is 3.10. The van der Waals surface area contributed by atoms with Gasteiger partial charge in [-0.3, -0.25) is 4.79 Å². The molecule has 0 aliphatic carbocycles. The first-order valence-electron chi connectivity index (χ1n) is 6.35. The molecule has 0 aliphatic rings. The maximum Gasteiger partial charge on any atom is 0.303 e. The minimum absolute atomic E-state index is 0.0744. The second-order valence-electron chi connectivity index (χ2n) is 4.50. The number of carboxylic acids is 1. The lowest BCUT2D eigenvalue weighted by Gasteiger charge is -2.03. The average molecular weight is 267 g/mol. The molecule has 0 saturated carbocycles. The lowest BCUT2D eigenvalue weighted by atomic mass is 10.1. The highest BCUT2D eigenvalue weighted by Gasteiger charge is 2.08. The predicted molar refractivity (Wildman–Crippen MR) is 74.4 cm³/mol. The summed E-state index contributed by atoms with van der Waals surface area (Å²) >= 11 is 0. The van der Waals surface area contributed by atoms with Crippen LogP contribution in [0.5, 0.6) is 0 Å². The largest absolute Gasteiger partial charge is 0.481 e. The molecule has 3 aromatic rings. The molecule has 1 aromatic carbocycles. The smallest absolute Gasteiger partial charge is 0.303 e. The summed E-state index contributed by atoms with van der Waals surface area (Å²) in [6, 6.07) is 13.7. The second-order valence-corrected chi connectivity index (χ2v) is 4.50.